The molecule has 0 bridgehead atoms. The van der Waals surface area contributed by atoms with E-state index in [-0.39, 0.29) is 6.09 Å². The summed E-state index contributed by atoms with van der Waals surface area (Å²) in [5.41, 5.74) is 1.17. The van der Waals surface area contributed by atoms with E-state index in [4.69, 9.17) is 4.74 Å². The molecule has 0 saturated heterocycles. The van der Waals surface area contributed by atoms with Crippen molar-refractivity contribution in [2.45, 2.75) is 39.7 Å². The third-order valence-corrected chi connectivity index (χ3v) is 4.15. The van der Waals surface area contributed by atoms with E-state index in [2.05, 4.69) is 18.8 Å². The number of rotatable bonds is 2. The smallest absolute Gasteiger partial charge is 0.410 e. The van der Waals surface area contributed by atoms with Crippen LogP contribution in [0.1, 0.15) is 42.3 Å². The van der Waals surface area contributed by atoms with Crippen LogP contribution in [0.5, 0.6) is 0 Å². The van der Waals surface area contributed by atoms with Crippen molar-refractivity contribution < 1.29 is 9.53 Å². The number of hydrogen-bond acceptors (Lipinski definition) is 4. The zero-order valence-electron chi connectivity index (χ0n) is 10.5. The molecule has 1 aliphatic rings. The van der Waals surface area contributed by atoms with Crippen molar-refractivity contribution in [3.63, 3.8) is 0 Å². The highest BCUT2D eigenvalue weighted by Gasteiger charge is 2.25. The predicted molar refractivity (Wildman–Crippen MR) is 67.3 cm³/mol. The Morgan fingerprint density at radius 3 is 3.00 bits per heavy atom. The van der Waals surface area contributed by atoms with Gasteiger partial charge in [0.15, 0.2) is 0 Å². The van der Waals surface area contributed by atoms with E-state index in [1.54, 1.807) is 16.2 Å². The lowest BCUT2D eigenvalue weighted by Gasteiger charge is -2.24. The van der Waals surface area contributed by atoms with Gasteiger partial charge in [0.25, 0.3) is 0 Å². The number of ether oxygens (including phenoxy) is 1. The van der Waals surface area contributed by atoms with Gasteiger partial charge in [0.05, 0.1) is 23.9 Å². The van der Waals surface area contributed by atoms with Gasteiger partial charge in [0, 0.05) is 23.8 Å². The summed E-state index contributed by atoms with van der Waals surface area (Å²) in [5.74, 6) is 0.460. The van der Waals surface area contributed by atoms with Gasteiger partial charge in [0.1, 0.15) is 0 Å². The minimum absolute atomic E-state index is 0.211. The molecule has 0 unspecified atom stereocenters. The van der Waals surface area contributed by atoms with Crippen molar-refractivity contribution in [2.75, 3.05) is 13.2 Å². The zero-order valence-corrected chi connectivity index (χ0v) is 11.3. The Kier molecular flexibility index (Phi) is 3.66. The third-order valence-electron chi connectivity index (χ3n) is 2.77. The first-order valence-corrected chi connectivity index (χ1v) is 6.83. The summed E-state index contributed by atoms with van der Waals surface area (Å²) < 4.78 is 5.02. The second-order valence-corrected chi connectivity index (χ2v) is 5.56. The molecule has 2 rings (SSSR count). The lowest BCUT2D eigenvalue weighted by atomic mass is 10.2. The molecule has 1 aromatic heterocycles. The number of carbonyl (C=O) groups excluding carboxylic acids is 1. The molecule has 1 aromatic rings. The fraction of sp³-hybridized carbons (Fsp3) is 0.667. The van der Waals surface area contributed by atoms with Crippen molar-refractivity contribution in [3.05, 3.63) is 15.6 Å². The van der Waals surface area contributed by atoms with Crippen molar-refractivity contribution in [1.82, 2.24) is 9.88 Å². The summed E-state index contributed by atoms with van der Waals surface area (Å²) in [4.78, 5) is 19.2. The summed E-state index contributed by atoms with van der Waals surface area (Å²) in [6, 6.07) is 0. The summed E-state index contributed by atoms with van der Waals surface area (Å²) in [6.45, 7) is 7.92. The highest BCUT2D eigenvalue weighted by molar-refractivity contribution is 7.11. The lowest BCUT2D eigenvalue weighted by molar-refractivity contribution is 0.103. The van der Waals surface area contributed by atoms with Gasteiger partial charge < -0.3 is 9.64 Å². The number of thiazole rings is 1. The van der Waals surface area contributed by atoms with E-state index < -0.39 is 0 Å². The minimum atomic E-state index is -0.211. The van der Waals surface area contributed by atoms with Gasteiger partial charge in [-0.2, -0.15) is 0 Å². The van der Waals surface area contributed by atoms with Gasteiger partial charge in [-0.05, 0) is 6.92 Å². The Balaban J connectivity index is 2.10. The number of aromatic nitrogens is 1. The van der Waals surface area contributed by atoms with Crippen LogP contribution < -0.4 is 0 Å². The van der Waals surface area contributed by atoms with Gasteiger partial charge in [0.2, 0.25) is 0 Å². The summed E-state index contributed by atoms with van der Waals surface area (Å²) >= 11 is 1.72. The van der Waals surface area contributed by atoms with Crippen LogP contribution in [0.2, 0.25) is 0 Å². The number of nitrogens with zero attached hydrogens (tertiary/aromatic N) is 2. The van der Waals surface area contributed by atoms with Crippen LogP contribution in [0.4, 0.5) is 4.79 Å². The standard InChI is InChI=1S/C12H18N2O2S/c1-4-16-12(15)14-6-5-9-10(7-14)17-11(13-9)8(2)3/h8H,4-7H2,1-3H3. The monoisotopic (exact) mass is 254 g/mol. The first-order valence-electron chi connectivity index (χ1n) is 6.02. The van der Waals surface area contributed by atoms with Gasteiger partial charge >= 0.3 is 6.09 Å². The van der Waals surface area contributed by atoms with E-state index in [1.165, 1.54) is 15.6 Å². The van der Waals surface area contributed by atoms with Gasteiger partial charge in [-0.15, -0.1) is 11.3 Å². The van der Waals surface area contributed by atoms with Crippen LogP contribution in [0, 0.1) is 0 Å². The molecule has 0 fully saturated rings. The quantitative estimate of drug-likeness (QED) is 0.815. The summed E-state index contributed by atoms with van der Waals surface area (Å²) in [7, 11) is 0. The van der Waals surface area contributed by atoms with Crippen molar-refractivity contribution in [3.8, 4) is 0 Å². The minimum Gasteiger partial charge on any atom is -0.450 e. The van der Waals surface area contributed by atoms with Crippen LogP contribution in [0.3, 0.4) is 0 Å². The molecule has 0 atom stereocenters. The molecule has 0 aromatic carbocycles. The SMILES string of the molecule is CCOC(=O)N1CCc2nc(C(C)C)sc2C1. The lowest BCUT2D eigenvalue weighted by Crippen LogP contribution is -2.35. The van der Waals surface area contributed by atoms with E-state index >= 15 is 0 Å². The molecule has 0 radical (unpaired) electrons. The zero-order chi connectivity index (χ0) is 12.4. The highest BCUT2D eigenvalue weighted by atomic mass is 32.1. The molecule has 0 saturated carbocycles. The maximum atomic E-state index is 11.6. The summed E-state index contributed by atoms with van der Waals surface area (Å²) in [5, 5.41) is 1.17. The number of hydrogen-bond donors (Lipinski definition) is 0. The Bertz CT molecular complexity index is 415. The Hall–Kier alpha value is -1.10. The van der Waals surface area contributed by atoms with Gasteiger partial charge in [-0.25, -0.2) is 9.78 Å². The van der Waals surface area contributed by atoms with E-state index in [0.717, 1.165) is 6.42 Å². The number of amides is 1. The van der Waals surface area contributed by atoms with Crippen LogP contribution in [-0.4, -0.2) is 29.1 Å². The second-order valence-electron chi connectivity index (χ2n) is 4.45. The highest BCUT2D eigenvalue weighted by Crippen LogP contribution is 2.29. The molecule has 5 heteroatoms. The average Bonchev–Trinajstić information content (AvgIpc) is 2.71. The number of carbonyl (C=O) groups is 1. The molecule has 0 aliphatic carbocycles. The van der Waals surface area contributed by atoms with Gasteiger partial charge in [-0.1, -0.05) is 13.8 Å². The first-order chi connectivity index (χ1) is 8.11. The predicted octanol–water partition coefficient (Wildman–Crippen LogP) is 2.78. The van der Waals surface area contributed by atoms with Gasteiger partial charge in [-0.3, -0.25) is 0 Å². The van der Waals surface area contributed by atoms with Crippen molar-refractivity contribution >= 4 is 17.4 Å². The molecule has 17 heavy (non-hydrogen) atoms. The van der Waals surface area contributed by atoms with Crippen LogP contribution >= 0.6 is 11.3 Å². The van der Waals surface area contributed by atoms with Crippen molar-refractivity contribution in [2.24, 2.45) is 0 Å². The molecule has 1 amide bonds. The third kappa shape index (κ3) is 2.60. The fourth-order valence-electron chi connectivity index (χ4n) is 1.83. The number of fused-ring (bicyclic) bond motifs is 1. The van der Waals surface area contributed by atoms with E-state index in [1.807, 2.05) is 6.92 Å². The average molecular weight is 254 g/mol. The van der Waals surface area contributed by atoms with Crippen LogP contribution in [0.25, 0.3) is 0 Å². The Labute approximate surface area is 106 Å². The Morgan fingerprint density at radius 1 is 1.59 bits per heavy atom. The van der Waals surface area contributed by atoms with Crippen LogP contribution in [-0.2, 0) is 17.7 Å². The van der Waals surface area contributed by atoms with Crippen molar-refractivity contribution in [1.29, 1.82) is 0 Å². The molecule has 0 spiro atoms. The largest absolute Gasteiger partial charge is 0.450 e. The fourth-order valence-corrected chi connectivity index (χ4v) is 2.96. The molecular formula is C12H18N2O2S. The normalized spacial score (nSPS) is 14.9. The topological polar surface area (TPSA) is 42.4 Å². The summed E-state index contributed by atoms with van der Waals surface area (Å²) in [6.07, 6.45) is 0.634. The maximum absolute atomic E-state index is 11.6. The van der Waals surface area contributed by atoms with E-state index in [9.17, 15) is 4.79 Å². The first kappa shape index (κ1) is 12.4. The van der Waals surface area contributed by atoms with Crippen LogP contribution in [0.15, 0.2) is 0 Å². The molecule has 2 heterocycles. The molecule has 0 N–H and O–H groups in total. The molecular weight excluding hydrogens is 236 g/mol. The molecule has 4 nitrogen and oxygen atoms in total. The molecule has 1 aliphatic heterocycles. The Morgan fingerprint density at radius 2 is 2.35 bits per heavy atom. The second kappa shape index (κ2) is 5.04. The molecule has 94 valence electrons. The maximum Gasteiger partial charge on any atom is 0.410 e. The van der Waals surface area contributed by atoms with E-state index in [0.29, 0.717) is 25.6 Å².